The number of benzene rings is 1. The number of hydrogen-bond acceptors (Lipinski definition) is 6. The van der Waals surface area contributed by atoms with E-state index in [0.717, 1.165) is 59.2 Å². The predicted molar refractivity (Wildman–Crippen MR) is 117 cm³/mol. The van der Waals surface area contributed by atoms with Gasteiger partial charge in [-0.05, 0) is 18.2 Å². The first-order valence-corrected chi connectivity index (χ1v) is 10.4. The van der Waals surface area contributed by atoms with Crippen molar-refractivity contribution in [3.05, 3.63) is 47.3 Å². The lowest BCUT2D eigenvalue weighted by molar-refractivity contribution is -0.128. The average molecular weight is 409 g/mol. The van der Waals surface area contributed by atoms with Gasteiger partial charge in [0.2, 0.25) is 5.91 Å². The molecule has 3 heterocycles. The number of carbonyl (C=O) groups is 1. The van der Waals surface area contributed by atoms with Crippen LogP contribution in [0.5, 0.6) is 0 Å². The Labute approximate surface area is 176 Å². The standard InChI is InChI=1S/C23H28N4O3/c1-15(29)27-8-5-22(26-17-6-9-30-10-7-17)21(13-27)23(24)19-4-2-3-18-16(14-28)11-25-12-20(18)19/h2-4,11-12,17,28H,5-10,13-14,24H2,1H3. The second-order valence-corrected chi connectivity index (χ2v) is 7.86. The van der Waals surface area contributed by atoms with Crippen LogP contribution in [-0.2, 0) is 16.1 Å². The van der Waals surface area contributed by atoms with Crippen molar-refractivity contribution in [3.63, 3.8) is 0 Å². The van der Waals surface area contributed by atoms with Gasteiger partial charge in [-0.25, -0.2) is 0 Å². The second-order valence-electron chi connectivity index (χ2n) is 7.86. The first-order valence-electron chi connectivity index (χ1n) is 10.4. The Morgan fingerprint density at radius 3 is 2.83 bits per heavy atom. The van der Waals surface area contributed by atoms with Gasteiger partial charge in [-0.1, -0.05) is 18.2 Å². The topological polar surface area (TPSA) is 101 Å². The number of ether oxygens (including phenoxy) is 1. The van der Waals surface area contributed by atoms with Crippen LogP contribution in [-0.4, -0.2) is 59.0 Å². The van der Waals surface area contributed by atoms with Crippen molar-refractivity contribution in [1.29, 1.82) is 0 Å². The molecule has 2 aliphatic heterocycles. The molecule has 0 radical (unpaired) electrons. The fourth-order valence-corrected chi connectivity index (χ4v) is 4.22. The molecule has 4 rings (SSSR count). The number of carbonyl (C=O) groups excluding carboxylic acids is 1. The third-order valence-corrected chi connectivity index (χ3v) is 5.96. The van der Waals surface area contributed by atoms with Gasteiger partial charge in [-0.3, -0.25) is 14.8 Å². The summed E-state index contributed by atoms with van der Waals surface area (Å²) in [7, 11) is 0. The summed E-state index contributed by atoms with van der Waals surface area (Å²) in [4.78, 5) is 23.2. The van der Waals surface area contributed by atoms with Crippen LogP contribution in [0.15, 0.2) is 41.2 Å². The first-order chi connectivity index (χ1) is 14.6. The fraction of sp³-hybridized carbons (Fsp3) is 0.435. The maximum absolute atomic E-state index is 12.1. The monoisotopic (exact) mass is 408 g/mol. The molecule has 0 saturated carbocycles. The van der Waals surface area contributed by atoms with E-state index in [-0.39, 0.29) is 18.6 Å². The quantitative estimate of drug-likeness (QED) is 0.811. The maximum atomic E-state index is 12.1. The molecule has 1 aromatic carbocycles. The molecule has 30 heavy (non-hydrogen) atoms. The Balaban J connectivity index is 1.82. The molecular weight excluding hydrogens is 380 g/mol. The number of aliphatic hydroxyl groups excluding tert-OH is 1. The summed E-state index contributed by atoms with van der Waals surface area (Å²) in [5, 5.41) is 11.5. The van der Waals surface area contributed by atoms with Crippen molar-refractivity contribution in [3.8, 4) is 0 Å². The van der Waals surface area contributed by atoms with Gasteiger partial charge in [0.15, 0.2) is 0 Å². The molecule has 1 aromatic heterocycles. The molecule has 2 saturated heterocycles. The number of piperidine rings is 1. The van der Waals surface area contributed by atoms with E-state index in [1.807, 2.05) is 23.1 Å². The Morgan fingerprint density at radius 2 is 2.10 bits per heavy atom. The van der Waals surface area contributed by atoms with Gasteiger partial charge in [0.1, 0.15) is 0 Å². The van der Waals surface area contributed by atoms with Gasteiger partial charge < -0.3 is 20.5 Å². The molecule has 7 nitrogen and oxygen atoms in total. The number of aliphatic imine (C=N–C) groups is 1. The van der Waals surface area contributed by atoms with E-state index in [1.165, 1.54) is 0 Å². The van der Waals surface area contributed by atoms with Crippen LogP contribution in [0.3, 0.4) is 0 Å². The molecule has 158 valence electrons. The van der Waals surface area contributed by atoms with E-state index in [9.17, 15) is 9.90 Å². The molecule has 0 atom stereocenters. The van der Waals surface area contributed by atoms with Crippen molar-refractivity contribution in [2.75, 3.05) is 26.3 Å². The molecule has 1 amide bonds. The van der Waals surface area contributed by atoms with Gasteiger partial charge in [-0.15, -0.1) is 0 Å². The van der Waals surface area contributed by atoms with Crippen molar-refractivity contribution >= 4 is 28.1 Å². The normalized spacial score (nSPS) is 21.3. The van der Waals surface area contributed by atoms with Crippen LogP contribution in [0, 0.1) is 0 Å². The summed E-state index contributed by atoms with van der Waals surface area (Å²) in [6, 6.07) is 6.09. The van der Waals surface area contributed by atoms with Crippen LogP contribution in [0.25, 0.3) is 16.5 Å². The minimum atomic E-state index is -0.0845. The van der Waals surface area contributed by atoms with E-state index in [0.29, 0.717) is 25.2 Å². The number of amides is 1. The number of nitrogens with two attached hydrogens (primary N) is 1. The number of nitrogens with zero attached hydrogens (tertiary/aromatic N) is 3. The third-order valence-electron chi connectivity index (χ3n) is 5.96. The Bertz CT molecular complexity index is 1010. The number of rotatable bonds is 3. The van der Waals surface area contributed by atoms with Gasteiger partial charge in [0, 0.05) is 85.5 Å². The van der Waals surface area contributed by atoms with E-state index >= 15 is 0 Å². The molecule has 2 aromatic rings. The zero-order valence-corrected chi connectivity index (χ0v) is 17.3. The average Bonchev–Trinajstić information content (AvgIpc) is 2.78. The smallest absolute Gasteiger partial charge is 0.219 e. The molecular formula is C23H28N4O3. The number of pyridine rings is 1. The molecule has 0 spiro atoms. The van der Waals surface area contributed by atoms with Crippen molar-refractivity contribution < 1.29 is 14.6 Å². The molecule has 2 aliphatic rings. The summed E-state index contributed by atoms with van der Waals surface area (Å²) in [6.45, 7) is 4.07. The number of fused-ring (bicyclic) bond motifs is 1. The first kappa shape index (κ1) is 20.5. The van der Waals surface area contributed by atoms with E-state index in [4.69, 9.17) is 15.5 Å². The second kappa shape index (κ2) is 8.93. The van der Waals surface area contributed by atoms with Crippen molar-refractivity contribution in [1.82, 2.24) is 9.88 Å². The van der Waals surface area contributed by atoms with Crippen LogP contribution < -0.4 is 5.73 Å². The van der Waals surface area contributed by atoms with Gasteiger partial charge >= 0.3 is 0 Å². The van der Waals surface area contributed by atoms with E-state index in [1.54, 1.807) is 19.3 Å². The van der Waals surface area contributed by atoms with E-state index < -0.39 is 0 Å². The molecule has 0 aliphatic carbocycles. The predicted octanol–water partition coefficient (Wildman–Crippen LogP) is 2.27. The lowest BCUT2D eigenvalue weighted by Gasteiger charge is -2.31. The maximum Gasteiger partial charge on any atom is 0.219 e. The number of aromatic nitrogens is 1. The highest BCUT2D eigenvalue weighted by molar-refractivity contribution is 6.10. The zero-order chi connectivity index (χ0) is 21.1. The number of aliphatic hydroxyl groups is 1. The Hall–Kier alpha value is -2.77. The van der Waals surface area contributed by atoms with E-state index in [2.05, 4.69) is 4.98 Å². The molecule has 7 heteroatoms. The third kappa shape index (κ3) is 4.08. The van der Waals surface area contributed by atoms with Crippen LogP contribution in [0.2, 0.25) is 0 Å². The highest BCUT2D eigenvalue weighted by Crippen LogP contribution is 2.29. The minimum absolute atomic E-state index is 0.0348. The minimum Gasteiger partial charge on any atom is -0.398 e. The lowest BCUT2D eigenvalue weighted by atomic mass is 9.93. The van der Waals surface area contributed by atoms with Crippen LogP contribution >= 0.6 is 0 Å². The van der Waals surface area contributed by atoms with Crippen molar-refractivity contribution in [2.24, 2.45) is 10.7 Å². The summed E-state index contributed by atoms with van der Waals surface area (Å²) < 4.78 is 5.46. The molecule has 3 N–H and O–H groups in total. The number of hydrogen-bond donors (Lipinski definition) is 2. The van der Waals surface area contributed by atoms with Gasteiger partial charge in [0.05, 0.1) is 12.6 Å². The Kier molecular flexibility index (Phi) is 6.11. The molecule has 0 unspecified atom stereocenters. The van der Waals surface area contributed by atoms with Crippen LogP contribution in [0.1, 0.15) is 37.3 Å². The summed E-state index contributed by atoms with van der Waals surface area (Å²) in [5.74, 6) is 0.0348. The van der Waals surface area contributed by atoms with Gasteiger partial charge in [0.25, 0.3) is 0 Å². The highest BCUT2D eigenvalue weighted by Gasteiger charge is 2.26. The highest BCUT2D eigenvalue weighted by atomic mass is 16.5. The lowest BCUT2D eigenvalue weighted by Crippen LogP contribution is -2.40. The van der Waals surface area contributed by atoms with Crippen molar-refractivity contribution in [2.45, 2.75) is 38.8 Å². The molecule has 0 bridgehead atoms. The van der Waals surface area contributed by atoms with Crippen LogP contribution in [0.4, 0.5) is 0 Å². The fourth-order valence-electron chi connectivity index (χ4n) is 4.22. The SMILES string of the molecule is CC(=O)N1CCC(=NC2CCOCC2)C(=C(N)c2cccc3c(CO)cncc23)C1. The Morgan fingerprint density at radius 1 is 1.30 bits per heavy atom. The van der Waals surface area contributed by atoms with Gasteiger partial charge in [-0.2, -0.15) is 0 Å². The number of likely N-dealkylation sites (tertiary alicyclic amines) is 1. The summed E-state index contributed by atoms with van der Waals surface area (Å²) >= 11 is 0. The molecule has 2 fully saturated rings. The zero-order valence-electron chi connectivity index (χ0n) is 17.3. The largest absolute Gasteiger partial charge is 0.398 e. The summed E-state index contributed by atoms with van der Waals surface area (Å²) in [6.07, 6.45) is 5.96. The summed E-state index contributed by atoms with van der Waals surface area (Å²) in [5.41, 5.74) is 10.9.